The van der Waals surface area contributed by atoms with Crippen molar-refractivity contribution in [1.82, 2.24) is 5.32 Å². The van der Waals surface area contributed by atoms with Crippen LogP contribution < -0.4 is 11.1 Å². The van der Waals surface area contributed by atoms with E-state index in [1.165, 1.54) is 6.92 Å². The zero-order chi connectivity index (χ0) is 12.2. The molecular formula is C9H18N2O4. The van der Waals surface area contributed by atoms with Crippen LogP contribution in [-0.2, 0) is 9.59 Å². The standard InChI is InChI=1S/C9H18N2O4/c1-5(2)4-6(7(12)13)11-9(3,10)8(14)15/h5-6,11H,4,10H2,1-3H3,(H,12,13)(H,14,15)/t6-,9-/m0/s1. The Morgan fingerprint density at radius 1 is 1.40 bits per heavy atom. The number of hydrogen-bond donors (Lipinski definition) is 4. The third-order valence-electron chi connectivity index (χ3n) is 1.92. The number of carboxylic acid groups (broad SMARTS) is 2. The topological polar surface area (TPSA) is 113 Å². The van der Waals surface area contributed by atoms with Crippen LogP contribution in [0.15, 0.2) is 0 Å². The molecule has 0 bridgehead atoms. The first-order valence-corrected chi connectivity index (χ1v) is 4.69. The summed E-state index contributed by atoms with van der Waals surface area (Å²) >= 11 is 0. The molecular weight excluding hydrogens is 200 g/mol. The highest BCUT2D eigenvalue weighted by atomic mass is 16.4. The van der Waals surface area contributed by atoms with E-state index in [0.29, 0.717) is 6.42 Å². The lowest BCUT2D eigenvalue weighted by Gasteiger charge is -2.26. The molecule has 0 saturated heterocycles. The van der Waals surface area contributed by atoms with Crippen LogP contribution in [0, 0.1) is 5.92 Å². The zero-order valence-electron chi connectivity index (χ0n) is 9.15. The van der Waals surface area contributed by atoms with Gasteiger partial charge in [0.05, 0.1) is 0 Å². The molecule has 0 aliphatic carbocycles. The second-order valence-corrected chi connectivity index (χ2v) is 4.17. The monoisotopic (exact) mass is 218 g/mol. The third kappa shape index (κ3) is 4.75. The summed E-state index contributed by atoms with van der Waals surface area (Å²) in [5.41, 5.74) is 3.68. The van der Waals surface area contributed by atoms with Gasteiger partial charge in [-0.05, 0) is 19.3 Å². The van der Waals surface area contributed by atoms with E-state index in [1.807, 2.05) is 13.8 Å². The molecule has 5 N–H and O–H groups in total. The lowest BCUT2D eigenvalue weighted by atomic mass is 10.0. The largest absolute Gasteiger partial charge is 0.480 e. The van der Waals surface area contributed by atoms with Crippen LogP contribution in [0.4, 0.5) is 0 Å². The van der Waals surface area contributed by atoms with Crippen molar-refractivity contribution >= 4 is 11.9 Å². The summed E-state index contributed by atoms with van der Waals surface area (Å²) in [5, 5.41) is 20.0. The van der Waals surface area contributed by atoms with Crippen molar-refractivity contribution in [2.45, 2.75) is 38.9 Å². The summed E-state index contributed by atoms with van der Waals surface area (Å²) in [5.74, 6) is -2.23. The van der Waals surface area contributed by atoms with Gasteiger partial charge in [-0.2, -0.15) is 0 Å². The number of hydrogen-bond acceptors (Lipinski definition) is 4. The molecule has 15 heavy (non-hydrogen) atoms. The van der Waals surface area contributed by atoms with Gasteiger partial charge in [-0.25, -0.2) is 4.79 Å². The van der Waals surface area contributed by atoms with E-state index in [2.05, 4.69) is 5.32 Å². The minimum Gasteiger partial charge on any atom is -0.480 e. The minimum atomic E-state index is -1.72. The van der Waals surface area contributed by atoms with E-state index in [9.17, 15) is 9.59 Å². The van der Waals surface area contributed by atoms with E-state index < -0.39 is 23.6 Å². The average molecular weight is 218 g/mol. The second-order valence-electron chi connectivity index (χ2n) is 4.17. The molecule has 0 aromatic rings. The molecule has 0 aromatic carbocycles. The minimum absolute atomic E-state index is 0.142. The number of carboxylic acids is 2. The van der Waals surface area contributed by atoms with Gasteiger partial charge in [0.15, 0.2) is 5.66 Å². The highest BCUT2D eigenvalue weighted by Crippen LogP contribution is 2.08. The highest BCUT2D eigenvalue weighted by Gasteiger charge is 2.33. The van der Waals surface area contributed by atoms with Gasteiger partial charge in [-0.1, -0.05) is 13.8 Å². The molecule has 0 aliphatic heterocycles. The van der Waals surface area contributed by atoms with Crippen molar-refractivity contribution in [2.75, 3.05) is 0 Å². The summed E-state index contributed by atoms with van der Waals surface area (Å²) in [6.45, 7) is 4.93. The molecule has 0 saturated carbocycles. The van der Waals surface area contributed by atoms with Crippen LogP contribution in [0.2, 0.25) is 0 Å². The van der Waals surface area contributed by atoms with Crippen molar-refractivity contribution in [3.63, 3.8) is 0 Å². The van der Waals surface area contributed by atoms with Crippen LogP contribution in [0.5, 0.6) is 0 Å². The van der Waals surface area contributed by atoms with Crippen LogP contribution >= 0.6 is 0 Å². The van der Waals surface area contributed by atoms with Crippen LogP contribution in [0.1, 0.15) is 27.2 Å². The molecule has 0 unspecified atom stereocenters. The molecule has 88 valence electrons. The van der Waals surface area contributed by atoms with Gasteiger partial charge in [0.2, 0.25) is 0 Å². The quantitative estimate of drug-likeness (QED) is 0.460. The molecule has 0 heterocycles. The molecule has 0 aliphatic rings. The SMILES string of the molecule is CC(C)C[C@H](N[C@](C)(N)C(=O)O)C(=O)O. The molecule has 6 heteroatoms. The molecule has 0 radical (unpaired) electrons. The number of aliphatic carboxylic acids is 2. The predicted octanol–water partition coefficient (Wildman–Crippen LogP) is -0.165. The molecule has 6 nitrogen and oxygen atoms in total. The number of nitrogens with one attached hydrogen (secondary N) is 1. The van der Waals surface area contributed by atoms with E-state index in [4.69, 9.17) is 15.9 Å². The van der Waals surface area contributed by atoms with Gasteiger partial charge in [0.25, 0.3) is 0 Å². The fraction of sp³-hybridized carbons (Fsp3) is 0.778. The molecule has 0 amide bonds. The predicted molar refractivity (Wildman–Crippen MR) is 54.2 cm³/mol. The second kappa shape index (κ2) is 5.09. The normalized spacial score (nSPS) is 17.1. The number of nitrogens with two attached hydrogens (primary N) is 1. The lowest BCUT2D eigenvalue weighted by molar-refractivity contribution is -0.146. The van der Waals surface area contributed by atoms with Crippen LogP contribution in [-0.4, -0.2) is 33.9 Å². The Labute approximate surface area is 88.5 Å². The van der Waals surface area contributed by atoms with E-state index in [-0.39, 0.29) is 5.92 Å². The summed E-state index contributed by atoms with van der Waals surface area (Å²) in [6.07, 6.45) is 0.329. The van der Waals surface area contributed by atoms with Gasteiger partial charge in [0.1, 0.15) is 6.04 Å². The average Bonchev–Trinajstić information content (AvgIpc) is 2.01. The molecule has 0 spiro atoms. The Kier molecular flexibility index (Phi) is 4.70. The van der Waals surface area contributed by atoms with Crippen molar-refractivity contribution in [2.24, 2.45) is 11.7 Å². The van der Waals surface area contributed by atoms with Gasteiger partial charge < -0.3 is 15.9 Å². The summed E-state index contributed by atoms with van der Waals surface area (Å²) in [4.78, 5) is 21.5. The Morgan fingerprint density at radius 3 is 2.13 bits per heavy atom. The van der Waals surface area contributed by atoms with E-state index in [1.54, 1.807) is 0 Å². The van der Waals surface area contributed by atoms with E-state index in [0.717, 1.165) is 0 Å². The van der Waals surface area contributed by atoms with Crippen molar-refractivity contribution < 1.29 is 19.8 Å². The summed E-state index contributed by atoms with van der Waals surface area (Å²) < 4.78 is 0. The maximum Gasteiger partial charge on any atom is 0.338 e. The Bertz CT molecular complexity index is 250. The Morgan fingerprint density at radius 2 is 1.87 bits per heavy atom. The van der Waals surface area contributed by atoms with Gasteiger partial charge >= 0.3 is 11.9 Å². The molecule has 0 rings (SSSR count). The first kappa shape index (κ1) is 13.9. The van der Waals surface area contributed by atoms with Crippen molar-refractivity contribution in [3.05, 3.63) is 0 Å². The molecule has 2 atom stereocenters. The Balaban J connectivity index is 4.54. The maximum absolute atomic E-state index is 10.8. The zero-order valence-corrected chi connectivity index (χ0v) is 9.15. The fourth-order valence-electron chi connectivity index (χ4n) is 1.12. The first-order valence-electron chi connectivity index (χ1n) is 4.69. The van der Waals surface area contributed by atoms with Gasteiger partial charge in [-0.15, -0.1) is 0 Å². The fourth-order valence-corrected chi connectivity index (χ4v) is 1.12. The smallest absolute Gasteiger partial charge is 0.338 e. The lowest BCUT2D eigenvalue weighted by Crippen LogP contribution is -2.62. The number of carbonyl (C=O) groups is 2. The number of rotatable bonds is 6. The van der Waals surface area contributed by atoms with E-state index >= 15 is 0 Å². The van der Waals surface area contributed by atoms with Gasteiger partial charge in [0, 0.05) is 0 Å². The van der Waals surface area contributed by atoms with Crippen molar-refractivity contribution in [1.29, 1.82) is 0 Å². The highest BCUT2D eigenvalue weighted by molar-refractivity contribution is 5.80. The molecule has 0 aromatic heterocycles. The van der Waals surface area contributed by atoms with Crippen LogP contribution in [0.25, 0.3) is 0 Å². The Hall–Kier alpha value is -1.14. The summed E-state index contributed by atoms with van der Waals surface area (Å²) in [6, 6.07) is -0.948. The summed E-state index contributed by atoms with van der Waals surface area (Å²) in [7, 11) is 0. The van der Waals surface area contributed by atoms with Crippen LogP contribution in [0.3, 0.4) is 0 Å². The third-order valence-corrected chi connectivity index (χ3v) is 1.92. The maximum atomic E-state index is 10.8. The van der Waals surface area contributed by atoms with Gasteiger partial charge in [-0.3, -0.25) is 10.1 Å². The first-order chi connectivity index (χ1) is 6.66. The molecule has 0 fully saturated rings. The van der Waals surface area contributed by atoms with Crippen molar-refractivity contribution in [3.8, 4) is 0 Å².